The second-order valence-electron chi connectivity index (χ2n) is 5.04. The third-order valence-electron chi connectivity index (χ3n) is 3.43. The van der Waals surface area contributed by atoms with Crippen molar-refractivity contribution in [1.82, 2.24) is 0 Å². The average Bonchev–Trinajstić information content (AvgIpc) is 2.24. The molecule has 0 heterocycles. The summed E-state index contributed by atoms with van der Waals surface area (Å²) >= 11 is 0. The van der Waals surface area contributed by atoms with Crippen LogP contribution in [0.25, 0.3) is 0 Å². The van der Waals surface area contributed by atoms with Crippen LogP contribution in [0.1, 0.15) is 40.5 Å². The summed E-state index contributed by atoms with van der Waals surface area (Å²) in [6, 6.07) is 0. The van der Waals surface area contributed by atoms with Crippen molar-refractivity contribution in [2.45, 2.75) is 40.5 Å². The Hall–Kier alpha value is -1.12. The fourth-order valence-corrected chi connectivity index (χ4v) is 2.33. The van der Waals surface area contributed by atoms with E-state index >= 15 is 0 Å². The molecule has 1 saturated carbocycles. The number of hydrogen-bond donors (Lipinski definition) is 0. The maximum Gasteiger partial charge on any atom is 0.331 e. The lowest BCUT2D eigenvalue weighted by molar-refractivity contribution is -0.137. The van der Waals surface area contributed by atoms with E-state index in [1.54, 1.807) is 6.92 Å². The first-order valence-corrected chi connectivity index (χ1v) is 6.39. The van der Waals surface area contributed by atoms with E-state index < -0.39 is 5.97 Å². The van der Waals surface area contributed by atoms with Crippen LogP contribution in [0.15, 0.2) is 11.6 Å². The predicted molar refractivity (Wildman–Crippen MR) is 66.4 cm³/mol. The number of ketones is 1. The van der Waals surface area contributed by atoms with Gasteiger partial charge in [0.15, 0.2) is 5.78 Å². The largest absolute Gasteiger partial charge is 0.463 e. The van der Waals surface area contributed by atoms with Crippen molar-refractivity contribution >= 4 is 11.8 Å². The Kier molecular flexibility index (Phi) is 4.91. The summed E-state index contributed by atoms with van der Waals surface area (Å²) in [5.74, 6) is 0.299. The highest BCUT2D eigenvalue weighted by atomic mass is 16.5. The number of hydrogen-bond acceptors (Lipinski definition) is 3. The zero-order valence-corrected chi connectivity index (χ0v) is 11.2. The number of esters is 1. The van der Waals surface area contributed by atoms with Gasteiger partial charge in [-0.25, -0.2) is 4.79 Å². The predicted octanol–water partition coefficient (Wildman–Crippen LogP) is 2.75. The molecule has 0 aromatic heterocycles. The number of Topliss-reactive ketones (excluding diaryl/α,β-unsaturated/α-hetero) is 1. The van der Waals surface area contributed by atoms with Crippen molar-refractivity contribution in [2.24, 2.45) is 17.8 Å². The molecule has 0 N–H and O–H groups in total. The Morgan fingerprint density at radius 3 is 2.65 bits per heavy atom. The number of carbonyl (C=O) groups excluding carboxylic acids is 2. The summed E-state index contributed by atoms with van der Waals surface area (Å²) in [6.45, 7) is 8.22. The van der Waals surface area contributed by atoms with Crippen LogP contribution in [0.2, 0.25) is 0 Å². The maximum absolute atomic E-state index is 12.2. The Morgan fingerprint density at radius 1 is 1.47 bits per heavy atom. The lowest BCUT2D eigenvalue weighted by Gasteiger charge is -2.29. The van der Waals surface area contributed by atoms with Gasteiger partial charge in [0.2, 0.25) is 0 Å². The van der Waals surface area contributed by atoms with Crippen molar-refractivity contribution in [3.05, 3.63) is 11.6 Å². The molecule has 2 atom stereocenters. The summed E-state index contributed by atoms with van der Waals surface area (Å²) in [7, 11) is 0. The van der Waals surface area contributed by atoms with E-state index in [0.717, 1.165) is 12.8 Å². The molecule has 96 valence electrons. The smallest absolute Gasteiger partial charge is 0.331 e. The first-order valence-electron chi connectivity index (χ1n) is 6.39. The fourth-order valence-electron chi connectivity index (χ4n) is 2.33. The van der Waals surface area contributed by atoms with E-state index in [2.05, 4.69) is 13.8 Å². The summed E-state index contributed by atoms with van der Waals surface area (Å²) in [6.07, 6.45) is 3.29. The van der Waals surface area contributed by atoms with E-state index in [1.807, 2.05) is 6.92 Å². The van der Waals surface area contributed by atoms with Gasteiger partial charge in [-0.2, -0.15) is 0 Å². The van der Waals surface area contributed by atoms with Crippen LogP contribution in [-0.2, 0) is 14.3 Å². The highest BCUT2D eigenvalue weighted by Gasteiger charge is 2.33. The van der Waals surface area contributed by atoms with Gasteiger partial charge in [0, 0.05) is 17.6 Å². The zero-order valence-electron chi connectivity index (χ0n) is 11.2. The van der Waals surface area contributed by atoms with Gasteiger partial charge >= 0.3 is 5.97 Å². The molecular formula is C14H22O3. The molecule has 17 heavy (non-hydrogen) atoms. The van der Waals surface area contributed by atoms with Gasteiger partial charge in [0.1, 0.15) is 0 Å². The Bertz CT molecular complexity index is 328. The molecule has 0 amide bonds. The number of carbonyl (C=O) groups is 2. The number of allylic oxidation sites excluding steroid dienone is 1. The molecule has 0 aromatic rings. The van der Waals surface area contributed by atoms with Gasteiger partial charge in [-0.05, 0) is 31.6 Å². The van der Waals surface area contributed by atoms with Crippen molar-refractivity contribution in [3.63, 3.8) is 0 Å². The first kappa shape index (κ1) is 13.9. The third-order valence-corrected chi connectivity index (χ3v) is 3.43. The van der Waals surface area contributed by atoms with Crippen molar-refractivity contribution in [1.29, 1.82) is 0 Å². The standard InChI is InChI=1S/C14H22O3/c1-5-17-13(15)8-12-10(4)6-7-11(9(2)3)14(12)16/h8-11H,5-7H2,1-4H3/b12-8+/t10-,11+/m1/s1. The minimum Gasteiger partial charge on any atom is -0.463 e. The van der Waals surface area contributed by atoms with Gasteiger partial charge in [-0.15, -0.1) is 0 Å². The molecule has 0 bridgehead atoms. The molecule has 1 aliphatic carbocycles. The van der Waals surface area contributed by atoms with Gasteiger partial charge in [0.05, 0.1) is 6.61 Å². The molecule has 0 unspecified atom stereocenters. The zero-order chi connectivity index (χ0) is 13.0. The summed E-state index contributed by atoms with van der Waals surface area (Å²) in [5.41, 5.74) is 0.647. The molecule has 3 heteroatoms. The average molecular weight is 238 g/mol. The summed E-state index contributed by atoms with van der Waals surface area (Å²) in [5, 5.41) is 0. The van der Waals surface area contributed by atoms with E-state index in [9.17, 15) is 9.59 Å². The monoisotopic (exact) mass is 238 g/mol. The highest BCUT2D eigenvalue weighted by Crippen LogP contribution is 2.34. The van der Waals surface area contributed by atoms with Crippen molar-refractivity contribution in [2.75, 3.05) is 6.61 Å². The van der Waals surface area contributed by atoms with Gasteiger partial charge in [0.25, 0.3) is 0 Å². The van der Waals surface area contributed by atoms with Crippen LogP contribution in [0.5, 0.6) is 0 Å². The molecule has 1 fully saturated rings. The number of ether oxygens (including phenoxy) is 1. The summed E-state index contributed by atoms with van der Waals surface area (Å²) < 4.78 is 4.87. The molecule has 0 radical (unpaired) electrons. The molecule has 1 rings (SSSR count). The number of rotatable bonds is 3. The third kappa shape index (κ3) is 3.42. The lowest BCUT2D eigenvalue weighted by Crippen LogP contribution is -2.30. The van der Waals surface area contributed by atoms with Crippen LogP contribution >= 0.6 is 0 Å². The van der Waals surface area contributed by atoms with E-state index in [4.69, 9.17) is 4.74 Å². The molecule has 3 nitrogen and oxygen atoms in total. The van der Waals surface area contributed by atoms with Crippen molar-refractivity contribution < 1.29 is 14.3 Å². The van der Waals surface area contributed by atoms with Crippen LogP contribution in [0, 0.1) is 17.8 Å². The molecule has 0 spiro atoms. The quantitative estimate of drug-likeness (QED) is 0.561. The topological polar surface area (TPSA) is 43.4 Å². The fraction of sp³-hybridized carbons (Fsp3) is 0.714. The van der Waals surface area contributed by atoms with Gasteiger partial charge in [-0.1, -0.05) is 20.8 Å². The lowest BCUT2D eigenvalue weighted by atomic mass is 9.73. The van der Waals surface area contributed by atoms with Crippen LogP contribution < -0.4 is 0 Å². The van der Waals surface area contributed by atoms with Gasteiger partial charge < -0.3 is 4.74 Å². The maximum atomic E-state index is 12.2. The second-order valence-corrected chi connectivity index (χ2v) is 5.04. The normalized spacial score (nSPS) is 27.6. The van der Waals surface area contributed by atoms with Gasteiger partial charge in [-0.3, -0.25) is 4.79 Å². The van der Waals surface area contributed by atoms with Crippen molar-refractivity contribution in [3.8, 4) is 0 Å². The molecule has 0 saturated heterocycles. The highest BCUT2D eigenvalue weighted by molar-refractivity contribution is 6.03. The van der Waals surface area contributed by atoms with E-state index in [-0.39, 0.29) is 17.6 Å². The minimum absolute atomic E-state index is 0.0619. The second kappa shape index (κ2) is 5.99. The van der Waals surface area contributed by atoms with Crippen LogP contribution in [0.3, 0.4) is 0 Å². The Morgan fingerprint density at radius 2 is 2.12 bits per heavy atom. The molecular weight excluding hydrogens is 216 g/mol. The van der Waals surface area contributed by atoms with E-state index in [1.165, 1.54) is 6.08 Å². The molecule has 1 aliphatic rings. The van der Waals surface area contributed by atoms with Crippen LogP contribution in [0.4, 0.5) is 0 Å². The Labute approximate surface area is 103 Å². The SMILES string of the molecule is CCOC(=O)/C=C1/C(=O)[C@H](C(C)C)CC[C@H]1C. The van der Waals surface area contributed by atoms with E-state index in [0.29, 0.717) is 18.1 Å². The minimum atomic E-state index is -0.396. The molecule has 0 aliphatic heterocycles. The van der Waals surface area contributed by atoms with Crippen LogP contribution in [-0.4, -0.2) is 18.4 Å². The first-order chi connectivity index (χ1) is 7.97. The molecule has 0 aromatic carbocycles. The Balaban J connectivity index is 2.87. The summed E-state index contributed by atoms with van der Waals surface area (Å²) in [4.78, 5) is 23.7.